The number of halogens is 1. The summed E-state index contributed by atoms with van der Waals surface area (Å²) >= 11 is 0. The maximum Gasteiger partial charge on any atom is 0.161 e. The molecule has 3 rings (SSSR count). The summed E-state index contributed by atoms with van der Waals surface area (Å²) in [5, 5.41) is 3.38. The minimum absolute atomic E-state index is 0. The minimum Gasteiger partial charge on any atom is -0.497 e. The van der Waals surface area contributed by atoms with Crippen LogP contribution in [0.5, 0.6) is 17.2 Å². The smallest absolute Gasteiger partial charge is 0.161 e. The number of anilines is 1. The monoisotopic (exact) mass is 398 g/mol. The Morgan fingerprint density at radius 1 is 0.750 bits per heavy atom. The van der Waals surface area contributed by atoms with E-state index >= 15 is 0 Å². The molecule has 0 unspecified atom stereocenters. The molecular formula is C22H23ClN2O3. The summed E-state index contributed by atoms with van der Waals surface area (Å²) in [4.78, 5) is 4.78. The number of aliphatic imine (C=N–C) groups is 1. The minimum atomic E-state index is 0. The van der Waals surface area contributed by atoms with Crippen molar-refractivity contribution in [3.63, 3.8) is 0 Å². The summed E-state index contributed by atoms with van der Waals surface area (Å²) in [6.45, 7) is 0. The lowest BCUT2D eigenvalue weighted by molar-refractivity contribution is 0.355. The molecule has 0 atom stereocenters. The van der Waals surface area contributed by atoms with Crippen molar-refractivity contribution in [2.75, 3.05) is 26.6 Å². The van der Waals surface area contributed by atoms with E-state index in [0.29, 0.717) is 17.3 Å². The number of para-hydroxylation sites is 1. The van der Waals surface area contributed by atoms with Crippen LogP contribution in [0.1, 0.15) is 5.56 Å². The first kappa shape index (κ1) is 21.1. The lowest BCUT2D eigenvalue weighted by Crippen LogP contribution is -2.13. The molecule has 0 heterocycles. The van der Waals surface area contributed by atoms with E-state index in [4.69, 9.17) is 19.2 Å². The SMILES string of the molecule is COc1ccc(N=C(Nc2ccccc2)c2ccc(OC)c(OC)c2)cc1.Cl. The van der Waals surface area contributed by atoms with Crippen LogP contribution >= 0.6 is 12.4 Å². The topological polar surface area (TPSA) is 52.1 Å². The van der Waals surface area contributed by atoms with Crippen molar-refractivity contribution in [1.29, 1.82) is 0 Å². The number of ether oxygens (including phenoxy) is 3. The van der Waals surface area contributed by atoms with Crippen LogP contribution in [0.3, 0.4) is 0 Å². The van der Waals surface area contributed by atoms with E-state index in [9.17, 15) is 0 Å². The number of amidine groups is 1. The number of benzene rings is 3. The van der Waals surface area contributed by atoms with Crippen LogP contribution < -0.4 is 19.5 Å². The number of nitrogens with one attached hydrogen (secondary N) is 1. The highest BCUT2D eigenvalue weighted by atomic mass is 35.5. The Bertz CT molecular complexity index is 913. The van der Waals surface area contributed by atoms with Gasteiger partial charge < -0.3 is 19.5 Å². The second kappa shape index (κ2) is 10.2. The Balaban J connectivity index is 0.00000280. The Morgan fingerprint density at radius 2 is 1.43 bits per heavy atom. The Labute approximate surface area is 171 Å². The van der Waals surface area contributed by atoms with E-state index in [1.165, 1.54) is 0 Å². The molecule has 0 bridgehead atoms. The number of rotatable bonds is 6. The summed E-state index contributed by atoms with van der Waals surface area (Å²) in [7, 11) is 4.88. The first-order valence-corrected chi connectivity index (χ1v) is 8.50. The molecule has 0 aromatic heterocycles. The van der Waals surface area contributed by atoms with E-state index in [2.05, 4.69) is 5.32 Å². The third-order valence-corrected chi connectivity index (χ3v) is 4.01. The second-order valence-corrected chi connectivity index (χ2v) is 5.72. The summed E-state index contributed by atoms with van der Waals surface area (Å²) in [5.74, 6) is 2.81. The summed E-state index contributed by atoms with van der Waals surface area (Å²) < 4.78 is 16.0. The molecule has 5 nitrogen and oxygen atoms in total. The average Bonchev–Trinajstić information content (AvgIpc) is 2.74. The molecule has 6 heteroatoms. The zero-order valence-electron chi connectivity index (χ0n) is 16.0. The van der Waals surface area contributed by atoms with Crippen LogP contribution in [0.4, 0.5) is 11.4 Å². The maximum atomic E-state index is 5.43. The van der Waals surface area contributed by atoms with Crippen LogP contribution in [0.15, 0.2) is 77.8 Å². The average molecular weight is 399 g/mol. The molecule has 0 saturated carbocycles. The van der Waals surface area contributed by atoms with Crippen molar-refractivity contribution in [2.45, 2.75) is 0 Å². The summed E-state index contributed by atoms with van der Waals surface area (Å²) in [5.41, 5.74) is 2.64. The van der Waals surface area contributed by atoms with E-state index in [1.54, 1.807) is 21.3 Å². The van der Waals surface area contributed by atoms with Gasteiger partial charge in [0.05, 0.1) is 27.0 Å². The summed E-state index contributed by atoms with van der Waals surface area (Å²) in [6.07, 6.45) is 0. The van der Waals surface area contributed by atoms with E-state index in [-0.39, 0.29) is 12.4 Å². The Kier molecular flexibility index (Phi) is 7.72. The lowest BCUT2D eigenvalue weighted by Gasteiger charge is -2.13. The molecule has 0 aliphatic carbocycles. The van der Waals surface area contributed by atoms with Gasteiger partial charge in [0.15, 0.2) is 11.5 Å². The predicted molar refractivity (Wildman–Crippen MR) is 116 cm³/mol. The maximum absolute atomic E-state index is 5.43. The largest absolute Gasteiger partial charge is 0.497 e. The van der Waals surface area contributed by atoms with Crippen molar-refractivity contribution in [3.05, 3.63) is 78.4 Å². The fraction of sp³-hybridized carbons (Fsp3) is 0.136. The molecule has 3 aromatic carbocycles. The quantitative estimate of drug-likeness (QED) is 0.450. The number of methoxy groups -OCH3 is 3. The van der Waals surface area contributed by atoms with Crippen molar-refractivity contribution in [1.82, 2.24) is 0 Å². The van der Waals surface area contributed by atoms with E-state index in [0.717, 1.165) is 22.7 Å². The molecule has 3 aromatic rings. The number of nitrogens with zero attached hydrogens (tertiary/aromatic N) is 1. The standard InChI is InChI=1S/C22H22N2O3.ClH/c1-25-19-12-10-18(11-13-19)24-22(23-17-7-5-4-6-8-17)16-9-14-20(26-2)21(15-16)27-3;/h4-15H,1-3H3,(H,23,24);1H. The highest BCUT2D eigenvalue weighted by Gasteiger charge is 2.10. The van der Waals surface area contributed by atoms with Gasteiger partial charge in [-0.05, 0) is 54.6 Å². The predicted octanol–water partition coefficient (Wildman–Crippen LogP) is 5.32. The third-order valence-electron chi connectivity index (χ3n) is 4.01. The fourth-order valence-corrected chi connectivity index (χ4v) is 2.59. The molecular weight excluding hydrogens is 376 g/mol. The molecule has 0 aliphatic rings. The zero-order chi connectivity index (χ0) is 19.1. The summed E-state index contributed by atoms with van der Waals surface area (Å²) in [6, 6.07) is 23.2. The van der Waals surface area contributed by atoms with Crippen molar-refractivity contribution in [3.8, 4) is 17.2 Å². The second-order valence-electron chi connectivity index (χ2n) is 5.72. The molecule has 1 N–H and O–H groups in total. The van der Waals surface area contributed by atoms with Gasteiger partial charge in [0, 0.05) is 11.3 Å². The highest BCUT2D eigenvalue weighted by Crippen LogP contribution is 2.29. The number of hydrogen-bond donors (Lipinski definition) is 1. The van der Waals surface area contributed by atoms with Crippen LogP contribution in [-0.4, -0.2) is 27.2 Å². The van der Waals surface area contributed by atoms with Crippen LogP contribution in [0.2, 0.25) is 0 Å². The van der Waals surface area contributed by atoms with Crippen molar-refractivity contribution >= 4 is 29.6 Å². The third kappa shape index (κ3) is 5.18. The first-order valence-electron chi connectivity index (χ1n) is 8.50. The van der Waals surface area contributed by atoms with Gasteiger partial charge in [0.2, 0.25) is 0 Å². The van der Waals surface area contributed by atoms with Crippen LogP contribution in [0, 0.1) is 0 Å². The fourth-order valence-electron chi connectivity index (χ4n) is 2.59. The van der Waals surface area contributed by atoms with Gasteiger partial charge in [-0.25, -0.2) is 4.99 Å². The molecule has 0 radical (unpaired) electrons. The first-order chi connectivity index (χ1) is 13.2. The van der Waals surface area contributed by atoms with Gasteiger partial charge >= 0.3 is 0 Å². The Hall–Kier alpha value is -3.18. The van der Waals surface area contributed by atoms with Gasteiger partial charge in [-0.2, -0.15) is 0 Å². The van der Waals surface area contributed by atoms with Gasteiger partial charge in [0.25, 0.3) is 0 Å². The van der Waals surface area contributed by atoms with Crippen LogP contribution in [0.25, 0.3) is 0 Å². The molecule has 0 aliphatic heterocycles. The zero-order valence-corrected chi connectivity index (χ0v) is 16.8. The van der Waals surface area contributed by atoms with E-state index < -0.39 is 0 Å². The normalized spacial score (nSPS) is 10.6. The van der Waals surface area contributed by atoms with E-state index in [1.807, 2.05) is 72.8 Å². The van der Waals surface area contributed by atoms with Gasteiger partial charge in [-0.3, -0.25) is 0 Å². The van der Waals surface area contributed by atoms with Crippen molar-refractivity contribution < 1.29 is 14.2 Å². The molecule has 0 amide bonds. The van der Waals surface area contributed by atoms with Gasteiger partial charge in [0.1, 0.15) is 11.6 Å². The molecule has 28 heavy (non-hydrogen) atoms. The van der Waals surface area contributed by atoms with Gasteiger partial charge in [-0.15, -0.1) is 12.4 Å². The molecule has 0 spiro atoms. The lowest BCUT2D eigenvalue weighted by atomic mass is 10.1. The number of hydrogen-bond acceptors (Lipinski definition) is 4. The molecule has 0 saturated heterocycles. The van der Waals surface area contributed by atoms with Crippen molar-refractivity contribution in [2.24, 2.45) is 4.99 Å². The molecule has 0 fully saturated rings. The van der Waals surface area contributed by atoms with Crippen LogP contribution in [-0.2, 0) is 0 Å². The highest BCUT2D eigenvalue weighted by molar-refractivity contribution is 6.09. The van der Waals surface area contributed by atoms with Gasteiger partial charge in [-0.1, -0.05) is 18.2 Å². The Morgan fingerprint density at radius 3 is 2.04 bits per heavy atom. The molecule has 146 valence electrons.